The summed E-state index contributed by atoms with van der Waals surface area (Å²) in [7, 11) is 0. The van der Waals surface area contributed by atoms with E-state index in [1.165, 1.54) is 49.9 Å². The Hall–Kier alpha value is -1.49. The molecule has 0 amide bonds. The number of benzene rings is 1. The quantitative estimate of drug-likeness (QED) is 0.364. The summed E-state index contributed by atoms with van der Waals surface area (Å²) in [6.45, 7) is 3.15. The zero-order valence-electron chi connectivity index (χ0n) is 12.6. The second-order valence-corrected chi connectivity index (χ2v) is 6.32. The number of hydrogen-bond donors (Lipinski definition) is 0. The fraction of sp³-hybridized carbons (Fsp3) is 0.562. The molecule has 0 bridgehead atoms. The van der Waals surface area contributed by atoms with E-state index >= 15 is 0 Å². The van der Waals surface area contributed by atoms with Gasteiger partial charge in [-0.05, 0) is 18.6 Å². The number of aromatic nitrogens is 1. The van der Waals surface area contributed by atoms with Crippen molar-refractivity contribution in [3.8, 4) is 0 Å². The van der Waals surface area contributed by atoms with Gasteiger partial charge in [-0.2, -0.15) is 0 Å². The van der Waals surface area contributed by atoms with E-state index in [9.17, 15) is 4.91 Å². The minimum Gasteiger partial charge on any atom is -0.315 e. The van der Waals surface area contributed by atoms with E-state index in [4.69, 9.17) is 0 Å². The molecule has 0 unspecified atom stereocenters. The normalized spacial score (nSPS) is 12.1. The second-order valence-electron chi connectivity index (χ2n) is 5.31. The van der Waals surface area contributed by atoms with Crippen LogP contribution < -0.4 is 4.80 Å². The van der Waals surface area contributed by atoms with Crippen LogP contribution in [0.3, 0.4) is 0 Å². The Bertz CT molecular complexity index is 630. The molecule has 4 nitrogen and oxygen atoms in total. The number of para-hydroxylation sites is 1. The highest BCUT2D eigenvalue weighted by Crippen LogP contribution is 2.17. The van der Waals surface area contributed by atoms with E-state index in [0.717, 1.165) is 23.2 Å². The Morgan fingerprint density at radius 2 is 1.76 bits per heavy atom. The van der Waals surface area contributed by atoms with Gasteiger partial charge in [0.05, 0.1) is 15.5 Å². The molecular weight excluding hydrogens is 282 g/mol. The third-order valence-corrected chi connectivity index (χ3v) is 4.75. The lowest BCUT2D eigenvalue weighted by molar-refractivity contribution is 0.550. The molecule has 2 aromatic rings. The number of fused-ring (bicyclic) bond motifs is 1. The van der Waals surface area contributed by atoms with Crippen molar-refractivity contribution in [3.63, 3.8) is 0 Å². The van der Waals surface area contributed by atoms with E-state index < -0.39 is 0 Å². The van der Waals surface area contributed by atoms with Crippen LogP contribution in [0.15, 0.2) is 34.7 Å². The van der Waals surface area contributed by atoms with Gasteiger partial charge in [0.15, 0.2) is 0 Å². The minimum atomic E-state index is 0.706. The molecule has 1 aromatic carbocycles. The van der Waals surface area contributed by atoms with Crippen molar-refractivity contribution in [1.29, 1.82) is 0 Å². The van der Waals surface area contributed by atoms with Crippen molar-refractivity contribution in [1.82, 2.24) is 4.57 Å². The van der Waals surface area contributed by atoms with Crippen LogP contribution in [0.4, 0.5) is 0 Å². The molecule has 0 aliphatic rings. The summed E-state index contributed by atoms with van der Waals surface area (Å²) < 4.78 is 3.27. The summed E-state index contributed by atoms with van der Waals surface area (Å²) in [6, 6.07) is 8.17. The molecule has 5 heteroatoms. The van der Waals surface area contributed by atoms with Gasteiger partial charge in [-0.3, -0.25) is 0 Å². The lowest BCUT2D eigenvalue weighted by Gasteiger charge is -2.05. The van der Waals surface area contributed by atoms with Crippen LogP contribution in [-0.4, -0.2) is 4.57 Å². The van der Waals surface area contributed by atoms with Crippen LogP contribution >= 0.6 is 11.3 Å². The average molecular weight is 305 g/mol. The van der Waals surface area contributed by atoms with Crippen molar-refractivity contribution in [2.45, 2.75) is 58.4 Å². The summed E-state index contributed by atoms with van der Waals surface area (Å²) in [5, 5.41) is 6.44. The maximum Gasteiger partial charge on any atom is 0.215 e. The van der Waals surface area contributed by atoms with Crippen molar-refractivity contribution in [2.75, 3.05) is 0 Å². The van der Waals surface area contributed by atoms with Gasteiger partial charge in [0.25, 0.3) is 0 Å². The molecule has 0 fully saturated rings. The minimum absolute atomic E-state index is 0.706. The Morgan fingerprint density at radius 1 is 1.05 bits per heavy atom. The molecule has 0 aliphatic heterocycles. The summed E-state index contributed by atoms with van der Waals surface area (Å²) in [5.41, 5.74) is 1.15. The van der Waals surface area contributed by atoms with Gasteiger partial charge in [-0.1, -0.05) is 74.0 Å². The predicted octanol–water partition coefficient (Wildman–Crippen LogP) is 5.04. The van der Waals surface area contributed by atoms with Crippen molar-refractivity contribution in [3.05, 3.63) is 34.0 Å². The molecule has 21 heavy (non-hydrogen) atoms. The van der Waals surface area contributed by atoms with Crippen LogP contribution in [0.5, 0.6) is 0 Å². The third kappa shape index (κ3) is 4.49. The third-order valence-electron chi connectivity index (χ3n) is 3.70. The fourth-order valence-corrected chi connectivity index (χ4v) is 3.58. The fourth-order valence-electron chi connectivity index (χ4n) is 2.58. The molecule has 1 aromatic heterocycles. The number of unbranched alkanes of at least 4 members (excludes halogenated alkanes) is 6. The van der Waals surface area contributed by atoms with Gasteiger partial charge < -0.3 is 4.57 Å². The number of rotatable bonds is 9. The zero-order valence-corrected chi connectivity index (χ0v) is 13.4. The topological polar surface area (TPSA) is 46.7 Å². The molecule has 2 rings (SSSR count). The van der Waals surface area contributed by atoms with Crippen molar-refractivity contribution in [2.24, 2.45) is 10.4 Å². The van der Waals surface area contributed by atoms with Gasteiger partial charge in [-0.15, -0.1) is 4.91 Å². The highest BCUT2D eigenvalue weighted by Gasteiger charge is 2.05. The van der Waals surface area contributed by atoms with E-state index in [1.807, 2.05) is 12.1 Å². The second kappa shape index (κ2) is 8.72. The van der Waals surface area contributed by atoms with Gasteiger partial charge in [0.2, 0.25) is 4.80 Å². The highest BCUT2D eigenvalue weighted by atomic mass is 32.1. The van der Waals surface area contributed by atoms with Gasteiger partial charge >= 0.3 is 0 Å². The number of nitroso groups, excluding NO2 is 1. The predicted molar refractivity (Wildman–Crippen MR) is 89.2 cm³/mol. The van der Waals surface area contributed by atoms with E-state index in [-0.39, 0.29) is 0 Å². The Labute approximate surface area is 129 Å². The van der Waals surface area contributed by atoms with Crippen LogP contribution in [-0.2, 0) is 6.54 Å². The molecule has 0 atom stereocenters. The Kier molecular flexibility index (Phi) is 6.60. The lowest BCUT2D eigenvalue weighted by atomic mass is 10.1. The number of hydrogen-bond acceptors (Lipinski definition) is 3. The number of thiazole rings is 1. The molecule has 0 aliphatic carbocycles. The SMILES string of the molecule is CCCCCCCCCn1/c(=N/N=O)sc2ccccc21. The Morgan fingerprint density at radius 3 is 2.52 bits per heavy atom. The molecule has 114 valence electrons. The molecule has 0 radical (unpaired) electrons. The average Bonchev–Trinajstić information content (AvgIpc) is 2.84. The zero-order chi connectivity index (χ0) is 14.9. The lowest BCUT2D eigenvalue weighted by Crippen LogP contribution is -2.14. The summed E-state index contributed by atoms with van der Waals surface area (Å²) in [6.07, 6.45) is 8.96. The van der Waals surface area contributed by atoms with Crippen LogP contribution in [0.1, 0.15) is 51.9 Å². The van der Waals surface area contributed by atoms with Crippen molar-refractivity contribution < 1.29 is 0 Å². The van der Waals surface area contributed by atoms with Gasteiger partial charge in [0, 0.05) is 6.54 Å². The first kappa shape index (κ1) is 15.9. The first-order valence-corrected chi connectivity index (χ1v) is 8.63. The summed E-state index contributed by atoms with van der Waals surface area (Å²) >= 11 is 1.53. The molecule has 0 saturated heterocycles. The molecule has 0 N–H and O–H groups in total. The molecule has 1 heterocycles. The highest BCUT2D eigenvalue weighted by molar-refractivity contribution is 7.16. The number of aryl methyl sites for hydroxylation is 1. The summed E-state index contributed by atoms with van der Waals surface area (Å²) in [4.78, 5) is 11.2. The van der Waals surface area contributed by atoms with E-state index in [1.54, 1.807) is 0 Å². The molecule has 0 saturated carbocycles. The largest absolute Gasteiger partial charge is 0.315 e. The van der Waals surface area contributed by atoms with Gasteiger partial charge in [-0.25, -0.2) is 0 Å². The van der Waals surface area contributed by atoms with Crippen LogP contribution in [0, 0.1) is 4.91 Å². The number of nitrogens with zero attached hydrogens (tertiary/aromatic N) is 3. The first-order valence-electron chi connectivity index (χ1n) is 7.81. The molecular formula is C16H23N3OS. The van der Waals surface area contributed by atoms with Crippen LogP contribution in [0.2, 0.25) is 0 Å². The van der Waals surface area contributed by atoms with Crippen molar-refractivity contribution >= 4 is 21.6 Å². The summed E-state index contributed by atoms with van der Waals surface area (Å²) in [5.74, 6) is 0. The van der Waals surface area contributed by atoms with E-state index in [0.29, 0.717) is 4.80 Å². The maximum atomic E-state index is 10.5. The smallest absolute Gasteiger partial charge is 0.215 e. The van der Waals surface area contributed by atoms with Crippen LogP contribution in [0.25, 0.3) is 10.2 Å². The molecule has 0 spiro atoms. The van der Waals surface area contributed by atoms with E-state index in [2.05, 4.69) is 34.0 Å². The maximum absolute atomic E-state index is 10.5. The standard InChI is InChI=1S/C16H23N3OS/c1-2-3-4-5-6-7-10-13-19-14-11-8-9-12-15(14)21-16(19)17-18-20/h8-9,11-12H,2-7,10,13H2,1H3/b17-16-. The first-order chi connectivity index (χ1) is 10.4. The monoisotopic (exact) mass is 305 g/mol. The van der Waals surface area contributed by atoms with Gasteiger partial charge in [0.1, 0.15) is 0 Å². The Balaban J connectivity index is 1.96.